The van der Waals surface area contributed by atoms with Crippen LogP contribution in [0, 0.1) is 0 Å². The Morgan fingerprint density at radius 2 is 1.86 bits per heavy atom. The standard InChI is InChI=1S/C22H19N3O2S/c26-28(27,19-8-7-16-4-1-2-5-18(16)14-19)25-12-9-17(10-13-25)21-15-24-22-20(21)6-3-11-23-22/h1-9,11,14-15H,10,12-13H2,(H,23,24). The molecule has 6 heteroatoms. The maximum absolute atomic E-state index is 13.1. The second-order valence-electron chi connectivity index (χ2n) is 6.95. The Bertz CT molecular complexity index is 1320. The van der Waals surface area contributed by atoms with Crippen LogP contribution in [0.3, 0.4) is 0 Å². The number of sulfonamides is 1. The van der Waals surface area contributed by atoms with Crippen molar-refractivity contribution in [3.63, 3.8) is 0 Å². The first kappa shape index (κ1) is 17.2. The van der Waals surface area contributed by atoms with E-state index < -0.39 is 10.0 Å². The number of H-pyrrole nitrogens is 1. The largest absolute Gasteiger partial charge is 0.346 e. The molecular formula is C22H19N3O2S. The SMILES string of the molecule is O=S(=O)(c1ccc2ccccc2c1)N1CC=C(c2c[nH]c3ncccc23)CC1. The van der Waals surface area contributed by atoms with Gasteiger partial charge in [-0.25, -0.2) is 13.4 Å². The van der Waals surface area contributed by atoms with Crippen LogP contribution < -0.4 is 0 Å². The van der Waals surface area contributed by atoms with E-state index in [1.54, 1.807) is 22.6 Å². The molecule has 0 saturated heterocycles. The van der Waals surface area contributed by atoms with Gasteiger partial charge in [-0.1, -0.05) is 36.4 Å². The van der Waals surface area contributed by atoms with Crippen molar-refractivity contribution >= 4 is 37.4 Å². The molecule has 0 radical (unpaired) electrons. The van der Waals surface area contributed by atoms with Crippen molar-refractivity contribution in [1.29, 1.82) is 0 Å². The number of aromatic nitrogens is 2. The number of benzene rings is 2. The van der Waals surface area contributed by atoms with Crippen molar-refractivity contribution in [2.45, 2.75) is 11.3 Å². The summed E-state index contributed by atoms with van der Waals surface area (Å²) in [5, 5.41) is 3.04. The molecule has 2 aromatic heterocycles. The lowest BCUT2D eigenvalue weighted by molar-refractivity contribution is 0.441. The first-order chi connectivity index (χ1) is 13.6. The first-order valence-electron chi connectivity index (χ1n) is 9.23. The molecule has 4 aromatic rings. The van der Waals surface area contributed by atoms with Gasteiger partial charge in [-0.15, -0.1) is 0 Å². The molecule has 0 spiro atoms. The molecule has 0 amide bonds. The van der Waals surface area contributed by atoms with Crippen LogP contribution in [0.25, 0.3) is 27.4 Å². The summed E-state index contributed by atoms with van der Waals surface area (Å²) in [4.78, 5) is 7.86. The number of aromatic amines is 1. The summed E-state index contributed by atoms with van der Waals surface area (Å²) in [6, 6.07) is 17.1. The van der Waals surface area contributed by atoms with Crippen LogP contribution in [0.15, 0.2) is 78.0 Å². The lowest BCUT2D eigenvalue weighted by Crippen LogP contribution is -2.34. The number of fused-ring (bicyclic) bond motifs is 2. The van der Waals surface area contributed by atoms with Crippen molar-refractivity contribution < 1.29 is 8.42 Å². The molecule has 0 saturated carbocycles. The van der Waals surface area contributed by atoms with E-state index >= 15 is 0 Å². The van der Waals surface area contributed by atoms with Gasteiger partial charge in [0, 0.05) is 36.4 Å². The number of rotatable bonds is 3. The summed E-state index contributed by atoms with van der Waals surface area (Å²) >= 11 is 0. The lowest BCUT2D eigenvalue weighted by Gasteiger charge is -2.26. The normalized spacial score (nSPS) is 15.8. The monoisotopic (exact) mass is 389 g/mol. The van der Waals surface area contributed by atoms with Gasteiger partial charge in [0.2, 0.25) is 10.0 Å². The molecule has 1 N–H and O–H groups in total. The minimum atomic E-state index is -3.52. The van der Waals surface area contributed by atoms with Crippen molar-refractivity contribution in [2.24, 2.45) is 0 Å². The average Bonchev–Trinajstić information content (AvgIpc) is 3.17. The van der Waals surface area contributed by atoms with Crippen LogP contribution >= 0.6 is 0 Å². The second-order valence-corrected chi connectivity index (χ2v) is 8.89. The molecule has 1 aliphatic heterocycles. The summed E-state index contributed by atoms with van der Waals surface area (Å²) in [6.45, 7) is 0.839. The van der Waals surface area contributed by atoms with E-state index in [1.165, 1.54) is 0 Å². The fraction of sp³-hybridized carbons (Fsp3) is 0.136. The average molecular weight is 389 g/mol. The van der Waals surface area contributed by atoms with Gasteiger partial charge >= 0.3 is 0 Å². The topological polar surface area (TPSA) is 66.1 Å². The Morgan fingerprint density at radius 1 is 1.00 bits per heavy atom. The van der Waals surface area contributed by atoms with Crippen LogP contribution in [0.4, 0.5) is 0 Å². The molecule has 0 fully saturated rings. The van der Waals surface area contributed by atoms with E-state index in [4.69, 9.17) is 0 Å². The third-order valence-electron chi connectivity index (χ3n) is 5.33. The van der Waals surface area contributed by atoms with E-state index in [-0.39, 0.29) is 0 Å². The maximum atomic E-state index is 13.1. The lowest BCUT2D eigenvalue weighted by atomic mass is 10.0. The van der Waals surface area contributed by atoms with E-state index in [2.05, 4.69) is 9.97 Å². The molecule has 28 heavy (non-hydrogen) atoms. The molecule has 0 unspecified atom stereocenters. The van der Waals surface area contributed by atoms with Crippen LogP contribution in [0.1, 0.15) is 12.0 Å². The van der Waals surface area contributed by atoms with Gasteiger partial charge in [-0.05, 0) is 47.0 Å². The smallest absolute Gasteiger partial charge is 0.243 e. The summed E-state index contributed by atoms with van der Waals surface area (Å²) < 4.78 is 27.8. The van der Waals surface area contributed by atoms with Crippen LogP contribution in [0.5, 0.6) is 0 Å². The third-order valence-corrected chi connectivity index (χ3v) is 7.19. The molecule has 1 aliphatic rings. The van der Waals surface area contributed by atoms with Crippen molar-refractivity contribution in [3.05, 3.63) is 78.6 Å². The van der Waals surface area contributed by atoms with Gasteiger partial charge in [0.05, 0.1) is 4.90 Å². The van der Waals surface area contributed by atoms with E-state index in [9.17, 15) is 8.42 Å². The van der Waals surface area contributed by atoms with E-state index in [0.29, 0.717) is 24.4 Å². The van der Waals surface area contributed by atoms with Gasteiger partial charge in [0.25, 0.3) is 0 Å². The van der Waals surface area contributed by atoms with Crippen LogP contribution in [0.2, 0.25) is 0 Å². The highest BCUT2D eigenvalue weighted by molar-refractivity contribution is 7.89. The van der Waals surface area contributed by atoms with Gasteiger partial charge in [0.15, 0.2) is 0 Å². The molecule has 140 valence electrons. The van der Waals surface area contributed by atoms with Gasteiger partial charge in [-0.2, -0.15) is 4.31 Å². The summed E-state index contributed by atoms with van der Waals surface area (Å²) in [6.07, 6.45) is 6.40. The summed E-state index contributed by atoms with van der Waals surface area (Å²) in [5.74, 6) is 0. The minimum Gasteiger partial charge on any atom is -0.346 e. The highest BCUT2D eigenvalue weighted by Crippen LogP contribution is 2.30. The van der Waals surface area contributed by atoms with Gasteiger partial charge < -0.3 is 4.98 Å². The Balaban J connectivity index is 1.44. The number of nitrogens with zero attached hydrogens (tertiary/aromatic N) is 2. The Morgan fingerprint density at radius 3 is 2.68 bits per heavy atom. The minimum absolute atomic E-state index is 0.347. The number of nitrogens with one attached hydrogen (secondary N) is 1. The van der Waals surface area contributed by atoms with Crippen molar-refractivity contribution in [1.82, 2.24) is 14.3 Å². The highest BCUT2D eigenvalue weighted by atomic mass is 32.2. The maximum Gasteiger partial charge on any atom is 0.243 e. The van der Waals surface area contributed by atoms with Gasteiger partial charge in [-0.3, -0.25) is 0 Å². The number of pyridine rings is 1. The van der Waals surface area contributed by atoms with Gasteiger partial charge in [0.1, 0.15) is 5.65 Å². The zero-order valence-electron chi connectivity index (χ0n) is 15.2. The Kier molecular flexibility index (Phi) is 4.03. The molecule has 5 rings (SSSR count). The van der Waals surface area contributed by atoms with Crippen molar-refractivity contribution in [3.8, 4) is 0 Å². The predicted octanol–water partition coefficient (Wildman–Crippen LogP) is 4.19. The first-order valence-corrected chi connectivity index (χ1v) is 10.7. The molecule has 0 bridgehead atoms. The molecule has 2 aromatic carbocycles. The fourth-order valence-corrected chi connectivity index (χ4v) is 5.23. The highest BCUT2D eigenvalue weighted by Gasteiger charge is 2.27. The Hall–Kier alpha value is -2.96. The molecule has 3 heterocycles. The summed E-state index contributed by atoms with van der Waals surface area (Å²) in [7, 11) is -3.52. The van der Waals surface area contributed by atoms with Crippen LogP contribution in [-0.2, 0) is 10.0 Å². The zero-order valence-corrected chi connectivity index (χ0v) is 16.0. The van der Waals surface area contributed by atoms with Crippen LogP contribution in [-0.4, -0.2) is 35.8 Å². The second kappa shape index (κ2) is 6.58. The fourth-order valence-electron chi connectivity index (χ4n) is 3.81. The predicted molar refractivity (Wildman–Crippen MR) is 111 cm³/mol. The molecular weight excluding hydrogens is 370 g/mol. The number of hydrogen-bond donors (Lipinski definition) is 1. The molecule has 0 aliphatic carbocycles. The summed E-state index contributed by atoms with van der Waals surface area (Å²) in [5.41, 5.74) is 3.11. The third kappa shape index (κ3) is 2.82. The molecule has 5 nitrogen and oxygen atoms in total. The van der Waals surface area contributed by atoms with Crippen molar-refractivity contribution in [2.75, 3.05) is 13.1 Å². The number of hydrogen-bond acceptors (Lipinski definition) is 3. The van der Waals surface area contributed by atoms with E-state index in [0.717, 1.165) is 32.9 Å². The quantitative estimate of drug-likeness (QED) is 0.571. The molecule has 0 atom stereocenters. The zero-order chi connectivity index (χ0) is 19.1. The Labute approximate surface area is 163 Å². The van der Waals surface area contributed by atoms with E-state index in [1.807, 2.05) is 54.7 Å².